The molecule has 0 aliphatic heterocycles. The minimum atomic E-state index is -0.389. The number of aryl methyl sites for hydroxylation is 2. The fraction of sp³-hybridized carbons (Fsp3) is 0.250. The number of benzene rings is 2. The van der Waals surface area contributed by atoms with Gasteiger partial charge in [-0.05, 0) is 37.1 Å². The first-order valence-corrected chi connectivity index (χ1v) is 10.3. The van der Waals surface area contributed by atoms with Crippen molar-refractivity contribution in [2.24, 2.45) is 0 Å². The molecule has 0 unspecified atom stereocenters. The highest BCUT2D eigenvalue weighted by Crippen LogP contribution is 2.29. The zero-order chi connectivity index (χ0) is 19.2. The summed E-state index contributed by atoms with van der Waals surface area (Å²) in [4.78, 5) is 28.4. The van der Waals surface area contributed by atoms with Crippen LogP contribution in [0.4, 0.5) is 5.69 Å². The minimum Gasteiger partial charge on any atom is -0.456 e. The lowest BCUT2D eigenvalue weighted by Crippen LogP contribution is -2.22. The van der Waals surface area contributed by atoms with Crippen molar-refractivity contribution >= 4 is 50.9 Å². The number of thiazole rings is 1. The van der Waals surface area contributed by atoms with Gasteiger partial charge in [-0.2, -0.15) is 0 Å². The van der Waals surface area contributed by atoms with E-state index in [1.807, 2.05) is 56.3 Å². The number of ether oxygens (including phenoxy) is 1. The average Bonchev–Trinajstić information content (AvgIpc) is 3.06. The summed E-state index contributed by atoms with van der Waals surface area (Å²) in [5.41, 5.74) is 3.68. The predicted octanol–water partition coefficient (Wildman–Crippen LogP) is 4.58. The van der Waals surface area contributed by atoms with Crippen LogP contribution in [0.1, 0.15) is 17.5 Å². The van der Waals surface area contributed by atoms with Crippen LogP contribution in [0.5, 0.6) is 0 Å². The number of amides is 1. The molecule has 0 aliphatic rings. The Morgan fingerprint density at radius 1 is 1.11 bits per heavy atom. The summed E-state index contributed by atoms with van der Waals surface area (Å²) >= 11 is 3.13. The maximum absolute atomic E-state index is 12.0. The van der Waals surface area contributed by atoms with Crippen LogP contribution in [0.3, 0.4) is 0 Å². The highest BCUT2D eigenvalue weighted by Gasteiger charge is 2.11. The third-order valence-electron chi connectivity index (χ3n) is 3.92. The van der Waals surface area contributed by atoms with Crippen LogP contribution >= 0.6 is 23.1 Å². The largest absolute Gasteiger partial charge is 0.456 e. The van der Waals surface area contributed by atoms with Crippen molar-refractivity contribution in [1.29, 1.82) is 0 Å². The zero-order valence-corrected chi connectivity index (χ0v) is 16.8. The molecule has 7 heteroatoms. The van der Waals surface area contributed by atoms with Gasteiger partial charge in [0, 0.05) is 11.4 Å². The smallest absolute Gasteiger partial charge is 0.307 e. The van der Waals surface area contributed by atoms with Crippen molar-refractivity contribution in [3.63, 3.8) is 0 Å². The molecule has 0 aliphatic carbocycles. The second kappa shape index (κ2) is 9.01. The van der Waals surface area contributed by atoms with Crippen LogP contribution in [-0.4, -0.2) is 29.2 Å². The van der Waals surface area contributed by atoms with E-state index in [9.17, 15) is 9.59 Å². The van der Waals surface area contributed by atoms with Crippen LogP contribution in [0.25, 0.3) is 10.2 Å². The molecule has 1 heterocycles. The Kier molecular flexibility index (Phi) is 6.47. The molecule has 1 amide bonds. The molecule has 0 bridgehead atoms. The highest BCUT2D eigenvalue weighted by atomic mass is 32.2. The monoisotopic (exact) mass is 400 g/mol. The first-order chi connectivity index (χ1) is 13.0. The van der Waals surface area contributed by atoms with Crippen LogP contribution < -0.4 is 5.32 Å². The molecule has 2 aromatic carbocycles. The summed E-state index contributed by atoms with van der Waals surface area (Å²) in [5, 5.41) is 2.80. The molecule has 0 radical (unpaired) electrons. The molecule has 3 rings (SSSR count). The Balaban J connectivity index is 1.41. The van der Waals surface area contributed by atoms with E-state index in [-0.39, 0.29) is 24.9 Å². The van der Waals surface area contributed by atoms with Gasteiger partial charge in [0.1, 0.15) is 0 Å². The standard InChI is InChI=1S/C20H20N2O3S2/c1-13-6-5-7-14(2)19(13)22-17(23)12-25-18(24)10-11-26-20-21-15-8-3-4-9-16(15)27-20/h3-9H,10-12H2,1-2H3,(H,22,23). The Bertz CT molecular complexity index is 916. The Labute approximate surface area is 166 Å². The normalized spacial score (nSPS) is 10.7. The number of carbonyl (C=O) groups excluding carboxylic acids is 2. The first-order valence-electron chi connectivity index (χ1n) is 8.53. The van der Waals surface area contributed by atoms with Gasteiger partial charge in [-0.1, -0.05) is 42.1 Å². The molecule has 5 nitrogen and oxygen atoms in total. The average molecular weight is 401 g/mol. The van der Waals surface area contributed by atoms with Crippen molar-refractivity contribution in [3.8, 4) is 0 Å². The number of aromatic nitrogens is 1. The molecular formula is C20H20N2O3S2. The topological polar surface area (TPSA) is 68.3 Å². The van der Waals surface area contributed by atoms with E-state index in [4.69, 9.17) is 4.74 Å². The van der Waals surface area contributed by atoms with Gasteiger partial charge in [-0.25, -0.2) is 4.98 Å². The molecule has 0 fully saturated rings. The number of nitrogens with one attached hydrogen (secondary N) is 1. The van der Waals surface area contributed by atoms with Gasteiger partial charge in [0.05, 0.1) is 16.6 Å². The molecule has 0 spiro atoms. The number of carbonyl (C=O) groups is 2. The van der Waals surface area contributed by atoms with Gasteiger partial charge in [0.2, 0.25) is 0 Å². The van der Waals surface area contributed by atoms with Gasteiger partial charge in [-0.3, -0.25) is 9.59 Å². The SMILES string of the molecule is Cc1cccc(C)c1NC(=O)COC(=O)CCSc1nc2ccccc2s1. The lowest BCUT2D eigenvalue weighted by atomic mass is 10.1. The van der Waals surface area contributed by atoms with Gasteiger partial charge >= 0.3 is 5.97 Å². The summed E-state index contributed by atoms with van der Waals surface area (Å²) < 4.78 is 7.13. The number of hydrogen-bond donors (Lipinski definition) is 1. The predicted molar refractivity (Wildman–Crippen MR) is 110 cm³/mol. The first kappa shape index (κ1) is 19.4. The maximum atomic E-state index is 12.0. The van der Waals surface area contributed by atoms with Crippen LogP contribution in [0.15, 0.2) is 46.8 Å². The van der Waals surface area contributed by atoms with E-state index in [0.29, 0.717) is 5.75 Å². The Hall–Kier alpha value is -2.38. The minimum absolute atomic E-state index is 0.233. The Morgan fingerprint density at radius 3 is 2.59 bits per heavy atom. The number of anilines is 1. The van der Waals surface area contributed by atoms with Gasteiger partial charge in [0.25, 0.3) is 5.91 Å². The third kappa shape index (κ3) is 5.30. The third-order valence-corrected chi connectivity index (χ3v) is 6.10. The van der Waals surface area contributed by atoms with Crippen LogP contribution in [0.2, 0.25) is 0 Å². The zero-order valence-electron chi connectivity index (χ0n) is 15.2. The molecule has 3 aromatic rings. The molecule has 0 saturated carbocycles. The van der Waals surface area contributed by atoms with E-state index < -0.39 is 0 Å². The second-order valence-electron chi connectivity index (χ2n) is 6.02. The Morgan fingerprint density at radius 2 is 1.85 bits per heavy atom. The highest BCUT2D eigenvalue weighted by molar-refractivity contribution is 8.01. The van der Waals surface area contributed by atoms with Gasteiger partial charge in [-0.15, -0.1) is 11.3 Å². The van der Waals surface area contributed by atoms with Crippen molar-refractivity contribution in [1.82, 2.24) is 4.98 Å². The number of esters is 1. The van der Waals surface area contributed by atoms with Gasteiger partial charge < -0.3 is 10.1 Å². The van der Waals surface area contributed by atoms with E-state index in [1.54, 1.807) is 11.3 Å². The summed E-state index contributed by atoms with van der Waals surface area (Å²) in [6.45, 7) is 3.57. The summed E-state index contributed by atoms with van der Waals surface area (Å²) in [6, 6.07) is 13.7. The van der Waals surface area contributed by atoms with E-state index in [2.05, 4.69) is 10.3 Å². The van der Waals surface area contributed by atoms with E-state index >= 15 is 0 Å². The molecule has 1 N–H and O–H groups in total. The molecular weight excluding hydrogens is 380 g/mol. The molecule has 0 saturated heterocycles. The molecule has 0 atom stereocenters. The van der Waals surface area contributed by atoms with Crippen molar-refractivity contribution < 1.29 is 14.3 Å². The van der Waals surface area contributed by atoms with Crippen LogP contribution in [0, 0.1) is 13.8 Å². The number of rotatable bonds is 7. The summed E-state index contributed by atoms with van der Waals surface area (Å²) in [7, 11) is 0. The van der Waals surface area contributed by atoms with Crippen molar-refractivity contribution in [3.05, 3.63) is 53.6 Å². The van der Waals surface area contributed by atoms with E-state index in [1.165, 1.54) is 11.8 Å². The fourth-order valence-electron chi connectivity index (χ4n) is 2.54. The number of nitrogens with zero attached hydrogens (tertiary/aromatic N) is 1. The second-order valence-corrected chi connectivity index (χ2v) is 8.39. The van der Waals surface area contributed by atoms with Crippen molar-refractivity contribution in [2.75, 3.05) is 17.7 Å². The fourth-order valence-corrected chi connectivity index (χ4v) is 4.60. The van der Waals surface area contributed by atoms with E-state index in [0.717, 1.165) is 31.4 Å². The number of thioether (sulfide) groups is 1. The summed E-state index contributed by atoms with van der Waals surface area (Å²) in [6.07, 6.45) is 0.233. The maximum Gasteiger partial charge on any atom is 0.307 e. The molecule has 27 heavy (non-hydrogen) atoms. The summed E-state index contributed by atoms with van der Waals surface area (Å²) in [5.74, 6) is -0.156. The molecule has 140 valence electrons. The van der Waals surface area contributed by atoms with Gasteiger partial charge in [0.15, 0.2) is 10.9 Å². The van der Waals surface area contributed by atoms with Crippen molar-refractivity contribution in [2.45, 2.75) is 24.6 Å². The quantitative estimate of drug-likeness (QED) is 0.464. The lowest BCUT2D eigenvalue weighted by Gasteiger charge is -2.11. The van der Waals surface area contributed by atoms with Crippen LogP contribution in [-0.2, 0) is 14.3 Å². The number of fused-ring (bicyclic) bond motifs is 1. The number of hydrogen-bond acceptors (Lipinski definition) is 6. The molecule has 1 aromatic heterocycles. The lowest BCUT2D eigenvalue weighted by molar-refractivity contribution is -0.146. The number of para-hydroxylation sites is 2.